The van der Waals surface area contributed by atoms with Gasteiger partial charge in [-0.05, 0) is 30.2 Å². The van der Waals surface area contributed by atoms with Crippen LogP contribution in [-0.4, -0.2) is 19.1 Å². The fourth-order valence-electron chi connectivity index (χ4n) is 1.87. The summed E-state index contributed by atoms with van der Waals surface area (Å²) in [4.78, 5) is 11.9. The normalized spacial score (nSPS) is 10.3. The minimum Gasteiger partial charge on any atom is -0.493 e. The first-order valence-corrected chi connectivity index (χ1v) is 7.45. The molecule has 0 aliphatic rings. The maximum absolute atomic E-state index is 11.9. The third kappa shape index (κ3) is 5.48. The summed E-state index contributed by atoms with van der Waals surface area (Å²) >= 11 is 0. The number of amides is 1. The molecular weight excluding hydrogens is 276 g/mol. The third-order valence-corrected chi connectivity index (χ3v) is 2.93. The Morgan fingerprint density at radius 2 is 1.77 bits per heavy atom. The Morgan fingerprint density at radius 3 is 2.50 bits per heavy atom. The van der Waals surface area contributed by atoms with Crippen LogP contribution in [-0.2, 0) is 4.79 Å². The highest BCUT2D eigenvalue weighted by molar-refractivity contribution is 5.93. The zero-order chi connectivity index (χ0) is 15.8. The van der Waals surface area contributed by atoms with Crippen molar-refractivity contribution in [2.24, 2.45) is 5.92 Å². The first kappa shape index (κ1) is 15.9. The van der Waals surface area contributed by atoms with Crippen molar-refractivity contribution in [1.82, 2.24) is 0 Å². The van der Waals surface area contributed by atoms with Crippen LogP contribution in [0.2, 0.25) is 0 Å². The molecule has 0 spiro atoms. The Balaban J connectivity index is 1.83. The van der Waals surface area contributed by atoms with E-state index in [1.807, 2.05) is 54.6 Å². The van der Waals surface area contributed by atoms with Crippen molar-refractivity contribution in [2.45, 2.75) is 13.8 Å². The predicted octanol–water partition coefficient (Wildman–Crippen LogP) is 3.77. The molecule has 2 aromatic rings. The molecule has 0 radical (unpaired) electrons. The topological polar surface area (TPSA) is 50.4 Å². The highest BCUT2D eigenvalue weighted by Crippen LogP contribution is 2.18. The van der Waals surface area contributed by atoms with Gasteiger partial charge in [0.1, 0.15) is 5.75 Å². The molecule has 4 heteroatoms. The summed E-state index contributed by atoms with van der Waals surface area (Å²) in [5.41, 5.74) is 1.66. The van der Waals surface area contributed by atoms with Crippen LogP contribution in [0.25, 0.3) is 0 Å². The molecule has 0 fully saturated rings. The molecule has 0 saturated carbocycles. The van der Waals surface area contributed by atoms with E-state index in [4.69, 9.17) is 4.74 Å². The standard InChI is InChI=1S/C18H22N2O2/c1-14(2)13-22-17-10-6-9-16(11-17)19-12-18(21)20-15-7-4-3-5-8-15/h3-11,14,19H,12-13H2,1-2H3,(H,20,21). The monoisotopic (exact) mass is 298 g/mol. The average molecular weight is 298 g/mol. The summed E-state index contributed by atoms with van der Waals surface area (Å²) in [5.74, 6) is 1.20. The Hall–Kier alpha value is -2.49. The molecule has 0 bridgehead atoms. The third-order valence-electron chi connectivity index (χ3n) is 2.93. The number of rotatable bonds is 7. The molecule has 1 amide bonds. The summed E-state index contributed by atoms with van der Waals surface area (Å²) < 4.78 is 5.67. The van der Waals surface area contributed by atoms with Crippen molar-refractivity contribution in [3.05, 3.63) is 54.6 Å². The van der Waals surface area contributed by atoms with Gasteiger partial charge in [-0.3, -0.25) is 4.79 Å². The molecule has 2 rings (SSSR count). The van der Waals surface area contributed by atoms with Crippen LogP contribution < -0.4 is 15.4 Å². The zero-order valence-corrected chi connectivity index (χ0v) is 13.0. The molecule has 0 aliphatic heterocycles. The molecule has 2 aromatic carbocycles. The summed E-state index contributed by atoms with van der Waals surface area (Å²) in [7, 11) is 0. The van der Waals surface area contributed by atoms with E-state index in [-0.39, 0.29) is 12.5 Å². The smallest absolute Gasteiger partial charge is 0.243 e. The number of carbonyl (C=O) groups is 1. The lowest BCUT2D eigenvalue weighted by Gasteiger charge is -2.11. The molecule has 0 atom stereocenters. The number of hydrogen-bond acceptors (Lipinski definition) is 3. The van der Waals surface area contributed by atoms with Crippen LogP contribution in [0.3, 0.4) is 0 Å². The molecule has 4 nitrogen and oxygen atoms in total. The minimum atomic E-state index is -0.0836. The van der Waals surface area contributed by atoms with Crippen molar-refractivity contribution < 1.29 is 9.53 Å². The molecular formula is C18H22N2O2. The maximum atomic E-state index is 11.9. The van der Waals surface area contributed by atoms with Crippen LogP contribution in [0.4, 0.5) is 11.4 Å². The van der Waals surface area contributed by atoms with Gasteiger partial charge >= 0.3 is 0 Å². The summed E-state index contributed by atoms with van der Waals surface area (Å²) in [6, 6.07) is 17.0. The molecule has 2 N–H and O–H groups in total. The largest absolute Gasteiger partial charge is 0.493 e. The fraction of sp³-hybridized carbons (Fsp3) is 0.278. The minimum absolute atomic E-state index is 0.0836. The van der Waals surface area contributed by atoms with Gasteiger partial charge < -0.3 is 15.4 Å². The summed E-state index contributed by atoms with van der Waals surface area (Å²) in [6.45, 7) is 5.10. The van der Waals surface area contributed by atoms with E-state index in [0.717, 1.165) is 17.1 Å². The van der Waals surface area contributed by atoms with Gasteiger partial charge in [-0.1, -0.05) is 38.1 Å². The number of benzene rings is 2. The van der Waals surface area contributed by atoms with Crippen molar-refractivity contribution in [3.63, 3.8) is 0 Å². The SMILES string of the molecule is CC(C)COc1cccc(NCC(=O)Nc2ccccc2)c1. The quantitative estimate of drug-likeness (QED) is 0.818. The van der Waals surface area contributed by atoms with E-state index < -0.39 is 0 Å². The average Bonchev–Trinajstić information content (AvgIpc) is 2.52. The Bertz CT molecular complexity index is 597. The lowest BCUT2D eigenvalue weighted by atomic mass is 10.2. The number of ether oxygens (including phenoxy) is 1. The van der Waals surface area contributed by atoms with E-state index in [1.54, 1.807) is 0 Å². The summed E-state index contributed by atoms with van der Waals surface area (Å²) in [5, 5.41) is 5.93. The number of carbonyl (C=O) groups excluding carboxylic acids is 1. The highest BCUT2D eigenvalue weighted by atomic mass is 16.5. The molecule has 0 saturated heterocycles. The number of anilines is 2. The second kappa shape index (κ2) is 8.08. The number of hydrogen-bond donors (Lipinski definition) is 2. The van der Waals surface area contributed by atoms with Crippen LogP contribution in [0.5, 0.6) is 5.75 Å². The van der Waals surface area contributed by atoms with Gasteiger partial charge in [0.25, 0.3) is 0 Å². The van der Waals surface area contributed by atoms with E-state index in [9.17, 15) is 4.79 Å². The van der Waals surface area contributed by atoms with E-state index in [2.05, 4.69) is 24.5 Å². The van der Waals surface area contributed by atoms with Gasteiger partial charge in [0, 0.05) is 17.4 Å². The zero-order valence-electron chi connectivity index (χ0n) is 13.0. The Kier molecular flexibility index (Phi) is 5.83. The Morgan fingerprint density at radius 1 is 1.05 bits per heavy atom. The number of nitrogens with one attached hydrogen (secondary N) is 2. The van der Waals surface area contributed by atoms with E-state index >= 15 is 0 Å². The van der Waals surface area contributed by atoms with Crippen LogP contribution in [0.15, 0.2) is 54.6 Å². The fourth-order valence-corrected chi connectivity index (χ4v) is 1.87. The van der Waals surface area contributed by atoms with Gasteiger partial charge in [-0.2, -0.15) is 0 Å². The van der Waals surface area contributed by atoms with E-state index in [0.29, 0.717) is 12.5 Å². The van der Waals surface area contributed by atoms with Crippen molar-refractivity contribution >= 4 is 17.3 Å². The van der Waals surface area contributed by atoms with Crippen LogP contribution in [0, 0.1) is 5.92 Å². The lowest BCUT2D eigenvalue weighted by molar-refractivity contribution is -0.114. The summed E-state index contributed by atoms with van der Waals surface area (Å²) in [6.07, 6.45) is 0. The van der Waals surface area contributed by atoms with Crippen molar-refractivity contribution in [2.75, 3.05) is 23.8 Å². The molecule has 0 aromatic heterocycles. The van der Waals surface area contributed by atoms with Gasteiger partial charge in [0.2, 0.25) is 5.91 Å². The van der Waals surface area contributed by atoms with E-state index in [1.165, 1.54) is 0 Å². The Labute approximate surface area is 131 Å². The predicted molar refractivity (Wildman–Crippen MR) is 90.3 cm³/mol. The first-order chi connectivity index (χ1) is 10.6. The lowest BCUT2D eigenvalue weighted by Crippen LogP contribution is -2.21. The van der Waals surface area contributed by atoms with Gasteiger partial charge in [-0.15, -0.1) is 0 Å². The molecule has 116 valence electrons. The van der Waals surface area contributed by atoms with Crippen LogP contribution in [0.1, 0.15) is 13.8 Å². The maximum Gasteiger partial charge on any atom is 0.243 e. The second-order valence-corrected chi connectivity index (χ2v) is 5.50. The molecule has 0 heterocycles. The second-order valence-electron chi connectivity index (χ2n) is 5.50. The van der Waals surface area contributed by atoms with Crippen molar-refractivity contribution in [3.8, 4) is 5.75 Å². The van der Waals surface area contributed by atoms with Crippen molar-refractivity contribution in [1.29, 1.82) is 0 Å². The van der Waals surface area contributed by atoms with Crippen LogP contribution >= 0.6 is 0 Å². The van der Waals surface area contributed by atoms with Gasteiger partial charge in [0.05, 0.1) is 13.2 Å². The number of para-hydroxylation sites is 1. The van der Waals surface area contributed by atoms with Gasteiger partial charge in [0.15, 0.2) is 0 Å². The van der Waals surface area contributed by atoms with Gasteiger partial charge in [-0.25, -0.2) is 0 Å². The molecule has 0 aliphatic carbocycles. The molecule has 0 unspecified atom stereocenters. The molecule has 22 heavy (non-hydrogen) atoms. The highest BCUT2D eigenvalue weighted by Gasteiger charge is 2.03. The first-order valence-electron chi connectivity index (χ1n) is 7.45.